The van der Waals surface area contributed by atoms with Crippen LogP contribution in [0.4, 0.5) is 0 Å². The molecule has 1 saturated carbocycles. The molecule has 1 unspecified atom stereocenters. The molecule has 2 heterocycles. The van der Waals surface area contributed by atoms with Gasteiger partial charge in [-0.15, -0.1) is 5.10 Å². The fourth-order valence-corrected chi connectivity index (χ4v) is 4.17. The topological polar surface area (TPSA) is 94.7 Å². The van der Waals surface area contributed by atoms with Crippen LogP contribution in [0, 0.1) is 0 Å². The summed E-state index contributed by atoms with van der Waals surface area (Å²) in [5, 5.41) is 29.0. The monoisotopic (exact) mass is 433 g/mol. The molecule has 0 radical (unpaired) electrons. The molecule has 166 valence electrons. The van der Waals surface area contributed by atoms with Crippen LogP contribution in [-0.2, 0) is 11.8 Å². The van der Waals surface area contributed by atoms with Crippen LogP contribution in [-0.4, -0.2) is 72.7 Å². The molecule has 2 fully saturated rings. The van der Waals surface area contributed by atoms with Crippen molar-refractivity contribution >= 4 is 5.91 Å². The molecule has 1 amide bonds. The standard InChI is InChI=1S/C24H27N5O3/c1-27-16-21(25-26-27)19-6-2-17(3-7-19)18-4-8-20(9-5-18)22(30)28-12-14-29(15-13-28)23(31)24(32)10-11-24/h2-9,16,22,30,32H,10-15H2,1H3. The van der Waals surface area contributed by atoms with Crippen molar-refractivity contribution in [3.05, 3.63) is 60.3 Å². The van der Waals surface area contributed by atoms with Gasteiger partial charge in [0.2, 0.25) is 0 Å². The highest BCUT2D eigenvalue weighted by atomic mass is 16.3. The lowest BCUT2D eigenvalue weighted by Crippen LogP contribution is -2.52. The minimum atomic E-state index is -1.12. The molecule has 0 spiro atoms. The molecule has 5 rings (SSSR count). The molecule has 1 aliphatic heterocycles. The molecule has 1 atom stereocenters. The molecule has 32 heavy (non-hydrogen) atoms. The summed E-state index contributed by atoms with van der Waals surface area (Å²) in [5.41, 5.74) is 3.71. The number of amides is 1. The molecule has 8 nitrogen and oxygen atoms in total. The Kier molecular flexibility index (Phi) is 5.28. The Morgan fingerprint density at radius 1 is 0.938 bits per heavy atom. The van der Waals surface area contributed by atoms with Crippen molar-refractivity contribution in [1.82, 2.24) is 24.8 Å². The fourth-order valence-electron chi connectivity index (χ4n) is 4.17. The van der Waals surface area contributed by atoms with E-state index >= 15 is 0 Å². The number of carbonyl (C=O) groups excluding carboxylic acids is 1. The third kappa shape index (κ3) is 4.04. The lowest BCUT2D eigenvalue weighted by Gasteiger charge is -2.38. The second kappa shape index (κ2) is 8.12. The summed E-state index contributed by atoms with van der Waals surface area (Å²) >= 11 is 0. The van der Waals surface area contributed by atoms with Gasteiger partial charge in [-0.3, -0.25) is 14.4 Å². The maximum atomic E-state index is 12.3. The molecular formula is C24H27N5O3. The molecule has 0 bridgehead atoms. The highest BCUT2D eigenvalue weighted by molar-refractivity contribution is 5.87. The summed E-state index contributed by atoms with van der Waals surface area (Å²) in [4.78, 5) is 16.0. The van der Waals surface area contributed by atoms with E-state index in [2.05, 4.69) is 22.4 Å². The second-order valence-corrected chi connectivity index (χ2v) is 8.71. The first-order valence-corrected chi connectivity index (χ1v) is 10.9. The van der Waals surface area contributed by atoms with E-state index in [-0.39, 0.29) is 5.91 Å². The summed E-state index contributed by atoms with van der Waals surface area (Å²) in [5.74, 6) is -0.165. The summed E-state index contributed by atoms with van der Waals surface area (Å²) in [6.45, 7) is 2.20. The van der Waals surface area contributed by atoms with Crippen molar-refractivity contribution in [3.8, 4) is 22.4 Å². The number of aliphatic hydroxyl groups is 2. The lowest BCUT2D eigenvalue weighted by atomic mass is 10.0. The van der Waals surface area contributed by atoms with Gasteiger partial charge >= 0.3 is 0 Å². The largest absolute Gasteiger partial charge is 0.380 e. The van der Waals surface area contributed by atoms with Gasteiger partial charge in [-0.2, -0.15) is 0 Å². The minimum Gasteiger partial charge on any atom is -0.380 e. The summed E-state index contributed by atoms with van der Waals surface area (Å²) in [7, 11) is 1.85. The number of benzene rings is 2. The van der Waals surface area contributed by atoms with Gasteiger partial charge in [0, 0.05) is 38.8 Å². The highest BCUT2D eigenvalue weighted by Gasteiger charge is 2.50. The van der Waals surface area contributed by atoms with Gasteiger partial charge in [-0.1, -0.05) is 53.7 Å². The van der Waals surface area contributed by atoms with Crippen LogP contribution in [0.5, 0.6) is 0 Å². The number of nitrogens with zero attached hydrogens (tertiary/aromatic N) is 5. The number of aryl methyl sites for hydroxylation is 1. The smallest absolute Gasteiger partial charge is 0.254 e. The van der Waals surface area contributed by atoms with Crippen LogP contribution in [0.25, 0.3) is 22.4 Å². The maximum Gasteiger partial charge on any atom is 0.254 e. The zero-order valence-electron chi connectivity index (χ0n) is 18.1. The number of hydrogen-bond acceptors (Lipinski definition) is 6. The zero-order chi connectivity index (χ0) is 22.3. The Labute approximate surface area is 186 Å². The van der Waals surface area contributed by atoms with Crippen molar-refractivity contribution in [2.45, 2.75) is 24.7 Å². The predicted octanol–water partition coefficient (Wildman–Crippen LogP) is 1.81. The van der Waals surface area contributed by atoms with E-state index in [1.165, 1.54) is 0 Å². The highest BCUT2D eigenvalue weighted by Crippen LogP contribution is 2.37. The van der Waals surface area contributed by atoms with E-state index in [0.29, 0.717) is 39.0 Å². The number of hydrogen-bond donors (Lipinski definition) is 2. The lowest BCUT2D eigenvalue weighted by molar-refractivity contribution is -0.146. The van der Waals surface area contributed by atoms with Gasteiger partial charge in [0.25, 0.3) is 5.91 Å². The number of piperazine rings is 1. The average molecular weight is 434 g/mol. The Bertz CT molecular complexity index is 1100. The molecule has 3 aromatic rings. The van der Waals surface area contributed by atoms with Crippen LogP contribution in [0.2, 0.25) is 0 Å². The van der Waals surface area contributed by atoms with E-state index in [9.17, 15) is 15.0 Å². The molecule has 8 heteroatoms. The van der Waals surface area contributed by atoms with E-state index < -0.39 is 11.8 Å². The van der Waals surface area contributed by atoms with Gasteiger partial charge in [0.15, 0.2) is 0 Å². The first-order valence-electron chi connectivity index (χ1n) is 10.9. The summed E-state index contributed by atoms with van der Waals surface area (Å²) in [6, 6.07) is 16.1. The second-order valence-electron chi connectivity index (χ2n) is 8.71. The number of carbonyl (C=O) groups is 1. The number of aliphatic hydroxyl groups excluding tert-OH is 1. The summed E-state index contributed by atoms with van der Waals surface area (Å²) < 4.78 is 1.68. The van der Waals surface area contributed by atoms with E-state index in [1.54, 1.807) is 9.58 Å². The molecule has 1 aromatic heterocycles. The zero-order valence-corrected chi connectivity index (χ0v) is 18.1. The Morgan fingerprint density at radius 2 is 1.50 bits per heavy atom. The van der Waals surface area contributed by atoms with Crippen LogP contribution < -0.4 is 0 Å². The predicted molar refractivity (Wildman–Crippen MR) is 119 cm³/mol. The van der Waals surface area contributed by atoms with Crippen molar-refractivity contribution in [1.29, 1.82) is 0 Å². The van der Waals surface area contributed by atoms with Crippen LogP contribution in [0.3, 0.4) is 0 Å². The SMILES string of the molecule is Cn1cc(-c2ccc(-c3ccc(C(O)N4CCN(C(=O)C5(O)CC5)CC4)cc3)cc2)nn1. The van der Waals surface area contributed by atoms with Gasteiger partial charge in [-0.25, -0.2) is 0 Å². The molecule has 2 aromatic carbocycles. The van der Waals surface area contributed by atoms with Crippen molar-refractivity contribution in [3.63, 3.8) is 0 Å². The average Bonchev–Trinajstić information content (AvgIpc) is 3.44. The van der Waals surface area contributed by atoms with Crippen LogP contribution in [0.1, 0.15) is 24.6 Å². The van der Waals surface area contributed by atoms with Crippen LogP contribution >= 0.6 is 0 Å². The van der Waals surface area contributed by atoms with E-state index in [1.807, 2.05) is 54.5 Å². The van der Waals surface area contributed by atoms with Gasteiger partial charge in [0.1, 0.15) is 17.5 Å². The molecular weight excluding hydrogens is 406 g/mol. The number of aromatic nitrogens is 3. The molecule has 2 aliphatic rings. The normalized spacial score (nSPS) is 19.0. The van der Waals surface area contributed by atoms with Gasteiger partial charge < -0.3 is 15.1 Å². The van der Waals surface area contributed by atoms with E-state index in [4.69, 9.17) is 0 Å². The van der Waals surface area contributed by atoms with Crippen molar-refractivity contribution < 1.29 is 15.0 Å². The van der Waals surface area contributed by atoms with Crippen molar-refractivity contribution in [2.75, 3.05) is 26.2 Å². The Hall–Kier alpha value is -3.07. The molecule has 2 N–H and O–H groups in total. The first-order chi connectivity index (χ1) is 15.4. The molecule has 1 saturated heterocycles. The Balaban J connectivity index is 1.21. The Morgan fingerprint density at radius 3 is 2.03 bits per heavy atom. The van der Waals surface area contributed by atoms with E-state index in [0.717, 1.165) is 27.9 Å². The van der Waals surface area contributed by atoms with Crippen LogP contribution in [0.15, 0.2) is 54.7 Å². The maximum absolute atomic E-state index is 12.3. The van der Waals surface area contributed by atoms with Crippen molar-refractivity contribution in [2.24, 2.45) is 7.05 Å². The van der Waals surface area contributed by atoms with Gasteiger partial charge in [0.05, 0.1) is 6.20 Å². The minimum absolute atomic E-state index is 0.165. The summed E-state index contributed by atoms with van der Waals surface area (Å²) in [6.07, 6.45) is 2.28. The third-order valence-electron chi connectivity index (χ3n) is 6.39. The third-order valence-corrected chi connectivity index (χ3v) is 6.39. The van der Waals surface area contributed by atoms with Gasteiger partial charge in [-0.05, 0) is 29.5 Å². The first kappa shape index (κ1) is 20.8. The quantitative estimate of drug-likeness (QED) is 0.637. The molecule has 1 aliphatic carbocycles. The fraction of sp³-hybridized carbons (Fsp3) is 0.375. The number of rotatable bonds is 5.